The maximum Gasteiger partial charge on any atom is 0.0790 e. The van der Waals surface area contributed by atoms with Crippen molar-refractivity contribution in [1.82, 2.24) is 4.98 Å². The molecule has 0 saturated heterocycles. The smallest absolute Gasteiger partial charge is 0.0790 e. The molecular weight excluding hydrogens is 262 g/mol. The van der Waals surface area contributed by atoms with Crippen LogP contribution < -0.4 is 0 Å². The molecule has 0 aliphatic carbocycles. The average Bonchev–Trinajstić information content (AvgIpc) is 2.85. The van der Waals surface area contributed by atoms with Crippen LogP contribution in [-0.4, -0.2) is 4.98 Å². The fourth-order valence-electron chi connectivity index (χ4n) is 3.27. The first-order valence-corrected chi connectivity index (χ1v) is 7.57. The lowest BCUT2D eigenvalue weighted by Gasteiger charge is -2.08. The van der Waals surface area contributed by atoms with Crippen molar-refractivity contribution in [3.8, 4) is 0 Å². The normalized spacial score (nSPS) is 12.2. The fraction of sp³-hybridized carbons (Fsp3) is 0.0556. The number of aromatic nitrogens is 1. The van der Waals surface area contributed by atoms with Gasteiger partial charge in [-0.1, -0.05) is 30.3 Å². The SMILES string of the molecule is Cc1ccc2c3cccc4sc5cccc(c2n1)c5c43. The van der Waals surface area contributed by atoms with Crippen molar-refractivity contribution in [3.63, 3.8) is 0 Å². The van der Waals surface area contributed by atoms with E-state index in [4.69, 9.17) is 4.98 Å². The van der Waals surface area contributed by atoms with Crippen LogP contribution >= 0.6 is 11.3 Å². The van der Waals surface area contributed by atoms with Crippen LogP contribution in [0.5, 0.6) is 0 Å². The first-order chi connectivity index (χ1) is 9.83. The molecule has 0 N–H and O–H groups in total. The third kappa shape index (κ3) is 1.15. The predicted molar refractivity (Wildman–Crippen MR) is 88.1 cm³/mol. The molecular formula is C18H11NS. The Balaban J connectivity index is 2.30. The van der Waals surface area contributed by atoms with E-state index in [9.17, 15) is 0 Å². The van der Waals surface area contributed by atoms with Crippen molar-refractivity contribution < 1.29 is 0 Å². The Hall–Kier alpha value is -2.19. The van der Waals surface area contributed by atoms with E-state index in [-0.39, 0.29) is 0 Å². The molecule has 3 aromatic carbocycles. The topological polar surface area (TPSA) is 12.9 Å². The number of nitrogens with zero attached hydrogens (tertiary/aromatic N) is 1. The molecule has 0 bridgehead atoms. The van der Waals surface area contributed by atoms with Crippen LogP contribution in [0.2, 0.25) is 0 Å². The number of thiophene rings is 1. The molecule has 0 saturated carbocycles. The number of benzene rings is 3. The molecule has 2 aromatic heterocycles. The Morgan fingerprint density at radius 3 is 2.25 bits per heavy atom. The van der Waals surface area contributed by atoms with Crippen LogP contribution in [0.3, 0.4) is 0 Å². The second kappa shape index (κ2) is 3.47. The van der Waals surface area contributed by atoms with Gasteiger partial charge < -0.3 is 0 Å². The van der Waals surface area contributed by atoms with Crippen molar-refractivity contribution >= 4 is 53.2 Å². The number of hydrogen-bond donors (Lipinski definition) is 0. The summed E-state index contributed by atoms with van der Waals surface area (Å²) in [4.78, 5) is 4.81. The summed E-state index contributed by atoms with van der Waals surface area (Å²) in [5.41, 5.74) is 2.21. The molecule has 2 heteroatoms. The third-order valence-electron chi connectivity index (χ3n) is 4.10. The van der Waals surface area contributed by atoms with E-state index < -0.39 is 0 Å². The summed E-state index contributed by atoms with van der Waals surface area (Å²) in [7, 11) is 0. The summed E-state index contributed by atoms with van der Waals surface area (Å²) in [5, 5.41) is 6.66. The fourth-order valence-corrected chi connectivity index (χ4v) is 4.43. The number of rotatable bonds is 0. The summed E-state index contributed by atoms with van der Waals surface area (Å²) < 4.78 is 2.73. The van der Waals surface area contributed by atoms with Crippen LogP contribution in [0.1, 0.15) is 5.69 Å². The number of fused-ring (bicyclic) bond motifs is 3. The molecule has 2 heterocycles. The Morgan fingerprint density at radius 2 is 1.45 bits per heavy atom. The van der Waals surface area contributed by atoms with E-state index in [1.165, 1.54) is 36.3 Å². The molecule has 0 spiro atoms. The van der Waals surface area contributed by atoms with Gasteiger partial charge in [0.15, 0.2) is 0 Å². The van der Waals surface area contributed by atoms with Crippen molar-refractivity contribution in [1.29, 1.82) is 0 Å². The minimum atomic E-state index is 1.08. The first kappa shape index (κ1) is 10.6. The van der Waals surface area contributed by atoms with Gasteiger partial charge in [-0.25, -0.2) is 0 Å². The molecule has 0 radical (unpaired) electrons. The number of hydrogen-bond acceptors (Lipinski definition) is 2. The van der Waals surface area contributed by atoms with Gasteiger partial charge in [-0.2, -0.15) is 0 Å². The van der Waals surface area contributed by atoms with Gasteiger partial charge in [0.05, 0.1) is 5.52 Å². The third-order valence-corrected chi connectivity index (χ3v) is 5.22. The number of pyridine rings is 1. The Labute approximate surface area is 119 Å². The zero-order chi connectivity index (χ0) is 13.3. The average molecular weight is 273 g/mol. The first-order valence-electron chi connectivity index (χ1n) is 6.75. The summed E-state index contributed by atoms with van der Waals surface area (Å²) in [6.45, 7) is 2.06. The Bertz CT molecular complexity index is 1100. The molecule has 0 unspecified atom stereocenters. The van der Waals surface area contributed by atoms with Gasteiger partial charge in [0.1, 0.15) is 0 Å². The van der Waals surface area contributed by atoms with E-state index in [2.05, 4.69) is 55.5 Å². The maximum absolute atomic E-state index is 4.81. The lowest BCUT2D eigenvalue weighted by atomic mass is 9.97. The summed E-state index contributed by atoms with van der Waals surface area (Å²) in [6, 6.07) is 17.5. The highest BCUT2D eigenvalue weighted by Gasteiger charge is 2.15. The zero-order valence-electron chi connectivity index (χ0n) is 11.0. The van der Waals surface area contributed by atoms with Crippen molar-refractivity contribution in [3.05, 3.63) is 54.2 Å². The highest BCUT2D eigenvalue weighted by atomic mass is 32.1. The van der Waals surface area contributed by atoms with E-state index in [1.807, 2.05) is 11.3 Å². The molecule has 5 aromatic rings. The van der Waals surface area contributed by atoms with Gasteiger partial charge in [-0.05, 0) is 30.5 Å². The maximum atomic E-state index is 4.81. The summed E-state index contributed by atoms with van der Waals surface area (Å²) >= 11 is 1.88. The monoisotopic (exact) mass is 273 g/mol. The van der Waals surface area contributed by atoms with Gasteiger partial charge in [0, 0.05) is 36.6 Å². The van der Waals surface area contributed by atoms with Gasteiger partial charge in [0.25, 0.3) is 0 Å². The quantitative estimate of drug-likeness (QED) is 0.339. The molecule has 5 rings (SSSR count). The van der Waals surface area contributed by atoms with Crippen LogP contribution in [0.4, 0.5) is 0 Å². The minimum Gasteiger partial charge on any atom is -0.252 e. The van der Waals surface area contributed by atoms with Crippen molar-refractivity contribution in [2.45, 2.75) is 6.92 Å². The van der Waals surface area contributed by atoms with E-state index in [1.54, 1.807) is 0 Å². The van der Waals surface area contributed by atoms with Crippen molar-refractivity contribution in [2.24, 2.45) is 0 Å². The lowest BCUT2D eigenvalue weighted by molar-refractivity contribution is 1.26. The second-order valence-electron chi connectivity index (χ2n) is 5.31. The van der Waals surface area contributed by atoms with E-state index in [0.29, 0.717) is 0 Å². The van der Waals surface area contributed by atoms with E-state index >= 15 is 0 Å². The lowest BCUT2D eigenvalue weighted by Crippen LogP contribution is -1.87. The van der Waals surface area contributed by atoms with Crippen LogP contribution in [0.25, 0.3) is 41.8 Å². The molecule has 20 heavy (non-hydrogen) atoms. The Morgan fingerprint density at radius 1 is 0.750 bits per heavy atom. The van der Waals surface area contributed by atoms with Crippen LogP contribution in [0.15, 0.2) is 48.5 Å². The van der Waals surface area contributed by atoms with Gasteiger partial charge in [-0.3, -0.25) is 4.98 Å². The Kier molecular flexibility index (Phi) is 1.83. The van der Waals surface area contributed by atoms with E-state index in [0.717, 1.165) is 11.2 Å². The molecule has 0 amide bonds. The molecule has 94 valence electrons. The standard InChI is InChI=1S/C18H11NS/c1-10-8-9-12-11-4-2-6-14-16(11)17-13(18(12)19-10)5-3-7-15(17)20-14/h2-9H,1H3. The second-order valence-corrected chi connectivity index (χ2v) is 6.39. The molecule has 0 aliphatic rings. The van der Waals surface area contributed by atoms with Crippen LogP contribution in [-0.2, 0) is 0 Å². The summed E-state index contributed by atoms with van der Waals surface area (Å²) in [5.74, 6) is 0. The summed E-state index contributed by atoms with van der Waals surface area (Å²) in [6.07, 6.45) is 0. The minimum absolute atomic E-state index is 1.08. The zero-order valence-corrected chi connectivity index (χ0v) is 11.8. The van der Waals surface area contributed by atoms with Gasteiger partial charge in [0.2, 0.25) is 0 Å². The van der Waals surface area contributed by atoms with Crippen molar-refractivity contribution in [2.75, 3.05) is 0 Å². The highest BCUT2D eigenvalue weighted by Crippen LogP contribution is 2.44. The molecule has 0 aliphatic heterocycles. The molecule has 1 nitrogen and oxygen atoms in total. The molecule has 0 atom stereocenters. The molecule has 0 fully saturated rings. The van der Waals surface area contributed by atoms with Gasteiger partial charge >= 0.3 is 0 Å². The van der Waals surface area contributed by atoms with Crippen LogP contribution in [0, 0.1) is 6.92 Å². The van der Waals surface area contributed by atoms with Gasteiger partial charge in [-0.15, -0.1) is 11.3 Å². The highest BCUT2D eigenvalue weighted by molar-refractivity contribution is 7.26. The largest absolute Gasteiger partial charge is 0.252 e. The number of aryl methyl sites for hydroxylation is 1. The predicted octanol–water partition coefficient (Wildman–Crippen LogP) is 5.50.